The molecule has 0 spiro atoms. The number of aryl methyl sites for hydroxylation is 3. The van der Waals surface area contributed by atoms with Crippen molar-refractivity contribution in [2.24, 2.45) is 14.1 Å². The maximum Gasteiger partial charge on any atom is 0.226 e. The van der Waals surface area contributed by atoms with Gasteiger partial charge >= 0.3 is 0 Å². The molecule has 21 heteroatoms. The number of imidazole rings is 4. The van der Waals surface area contributed by atoms with Crippen LogP contribution >= 0.6 is 0 Å². The standard InChI is InChI=1S/C35H46N20O/c1-4-55-50-29(49-51-55)25-9-10-26(56-25)54-20-42-28-32(47-35(48-33(28)54)37-14-12-24-16-53(3)19-41-24)44-22-7-5-21(6-8-22)43-31-27-30(39-17-38-27)45-34(46-31)36-13-11-23-15-52(2)18-40-23/h15-22,25-26H,4-14H2,1-3H3,(H2,37,44,47,48)(H3,36,38,39,43,45,46)/t21?,22?,25-,26+/m0/s1. The first-order chi connectivity index (χ1) is 27.4. The summed E-state index contributed by atoms with van der Waals surface area (Å²) in [5.41, 5.74) is 4.83. The van der Waals surface area contributed by atoms with Gasteiger partial charge in [-0.2, -0.15) is 24.7 Å². The molecule has 2 fully saturated rings. The smallest absolute Gasteiger partial charge is 0.226 e. The van der Waals surface area contributed by atoms with Crippen LogP contribution in [-0.4, -0.2) is 104 Å². The lowest BCUT2D eigenvalue weighted by Gasteiger charge is -2.30. The van der Waals surface area contributed by atoms with Crippen LogP contribution in [0, 0.1) is 0 Å². The second-order valence-corrected chi connectivity index (χ2v) is 14.5. The second kappa shape index (κ2) is 15.5. The van der Waals surface area contributed by atoms with Crippen LogP contribution in [0.3, 0.4) is 0 Å². The van der Waals surface area contributed by atoms with Crippen LogP contribution in [0.2, 0.25) is 0 Å². The number of hydrogen-bond donors (Lipinski definition) is 5. The summed E-state index contributed by atoms with van der Waals surface area (Å²) < 4.78 is 12.3. The van der Waals surface area contributed by atoms with Crippen molar-refractivity contribution in [3.05, 3.63) is 54.9 Å². The molecule has 9 rings (SSSR count). The molecule has 7 aromatic rings. The lowest BCUT2D eigenvalue weighted by molar-refractivity contribution is -0.000968. The SMILES string of the molecule is CCn1nnc([C@@H]2CC[C@H](n3cnc4c(NC5CCC(Nc6nc(NCCc7cn(C)cn7)nc7[nH]cnc67)CC5)nc(NCCc5cn(C)cn5)nc43)O2)n1. The molecule has 1 aliphatic heterocycles. The van der Waals surface area contributed by atoms with Gasteiger partial charge in [0.15, 0.2) is 28.4 Å². The predicted octanol–water partition coefficient (Wildman–Crippen LogP) is 3.16. The van der Waals surface area contributed by atoms with Gasteiger partial charge in [0.2, 0.25) is 17.7 Å². The summed E-state index contributed by atoms with van der Waals surface area (Å²) in [4.78, 5) is 42.3. The third-order valence-electron chi connectivity index (χ3n) is 10.3. The number of H-pyrrole nitrogens is 1. The van der Waals surface area contributed by atoms with E-state index in [0.717, 1.165) is 74.1 Å². The Morgan fingerprint density at radius 2 is 1.41 bits per heavy atom. The number of ether oxygens (including phenoxy) is 1. The molecular formula is C35H46N20O. The second-order valence-electron chi connectivity index (χ2n) is 14.5. The van der Waals surface area contributed by atoms with Crippen LogP contribution in [0.1, 0.15) is 75.0 Å². The number of aromatic amines is 1. The van der Waals surface area contributed by atoms with Crippen LogP contribution in [0.5, 0.6) is 0 Å². The number of nitrogens with one attached hydrogen (secondary N) is 5. The molecule has 0 radical (unpaired) electrons. The van der Waals surface area contributed by atoms with Gasteiger partial charge in [-0.05, 0) is 50.7 Å². The third-order valence-corrected chi connectivity index (χ3v) is 10.3. The van der Waals surface area contributed by atoms with E-state index in [0.29, 0.717) is 60.0 Å². The molecule has 2 aliphatic rings. The highest BCUT2D eigenvalue weighted by atomic mass is 16.5. The van der Waals surface area contributed by atoms with Crippen molar-refractivity contribution in [1.29, 1.82) is 0 Å². The highest BCUT2D eigenvalue weighted by Gasteiger charge is 2.33. The first-order valence-electron chi connectivity index (χ1n) is 19.3. The van der Waals surface area contributed by atoms with Crippen LogP contribution in [0.15, 0.2) is 37.7 Å². The molecule has 7 aromatic heterocycles. The molecule has 1 saturated heterocycles. The Bertz CT molecular complexity index is 2400. The summed E-state index contributed by atoms with van der Waals surface area (Å²) >= 11 is 0. The summed E-state index contributed by atoms with van der Waals surface area (Å²) in [7, 11) is 3.94. The van der Waals surface area contributed by atoms with Crippen molar-refractivity contribution in [2.75, 3.05) is 34.4 Å². The number of nitrogens with zero attached hydrogens (tertiary/aromatic N) is 15. The molecule has 292 valence electrons. The van der Waals surface area contributed by atoms with E-state index in [2.05, 4.69) is 61.6 Å². The first kappa shape index (κ1) is 35.5. The quantitative estimate of drug-likeness (QED) is 0.101. The molecule has 5 N–H and O–H groups in total. The fourth-order valence-corrected chi connectivity index (χ4v) is 7.42. The summed E-state index contributed by atoms with van der Waals surface area (Å²) in [6, 6.07) is 0.412. The molecule has 0 amide bonds. The van der Waals surface area contributed by atoms with Crippen molar-refractivity contribution in [1.82, 2.24) is 78.8 Å². The van der Waals surface area contributed by atoms with Crippen LogP contribution in [-0.2, 0) is 38.2 Å². The van der Waals surface area contributed by atoms with Crippen molar-refractivity contribution in [2.45, 2.75) is 89.3 Å². The van der Waals surface area contributed by atoms with Gasteiger partial charge < -0.3 is 40.1 Å². The van der Waals surface area contributed by atoms with Gasteiger partial charge in [-0.15, -0.1) is 10.2 Å². The van der Waals surface area contributed by atoms with E-state index in [9.17, 15) is 0 Å². The zero-order valence-electron chi connectivity index (χ0n) is 31.7. The molecule has 0 aromatic carbocycles. The number of aromatic nitrogens is 16. The summed E-state index contributed by atoms with van der Waals surface area (Å²) in [5.74, 6) is 3.08. The van der Waals surface area contributed by atoms with Gasteiger partial charge in [-0.25, -0.2) is 19.9 Å². The van der Waals surface area contributed by atoms with Gasteiger partial charge in [-0.1, -0.05) is 0 Å². The van der Waals surface area contributed by atoms with Crippen molar-refractivity contribution >= 4 is 45.9 Å². The highest BCUT2D eigenvalue weighted by Crippen LogP contribution is 2.38. The lowest BCUT2D eigenvalue weighted by atomic mass is 9.91. The zero-order chi connectivity index (χ0) is 38.0. The van der Waals surface area contributed by atoms with Crippen molar-refractivity contribution < 1.29 is 4.74 Å². The minimum Gasteiger partial charge on any atom is -0.365 e. The number of rotatable bonds is 15. The number of fused-ring (bicyclic) bond motifs is 2. The number of anilines is 4. The van der Waals surface area contributed by atoms with E-state index in [1.54, 1.807) is 23.8 Å². The summed E-state index contributed by atoms with van der Waals surface area (Å²) in [6.07, 6.45) is 17.3. The van der Waals surface area contributed by atoms with E-state index in [1.165, 1.54) is 0 Å². The van der Waals surface area contributed by atoms with Crippen LogP contribution in [0.25, 0.3) is 22.3 Å². The molecule has 56 heavy (non-hydrogen) atoms. The van der Waals surface area contributed by atoms with Crippen LogP contribution in [0.4, 0.5) is 23.5 Å². The average molecular weight is 763 g/mol. The van der Waals surface area contributed by atoms with E-state index in [-0.39, 0.29) is 24.4 Å². The van der Waals surface area contributed by atoms with Crippen LogP contribution < -0.4 is 21.3 Å². The molecule has 1 saturated carbocycles. The molecular weight excluding hydrogens is 717 g/mol. The Labute approximate surface area is 321 Å². The summed E-state index contributed by atoms with van der Waals surface area (Å²) in [6.45, 7) is 3.93. The maximum absolute atomic E-state index is 6.46. The molecule has 21 nitrogen and oxygen atoms in total. The zero-order valence-corrected chi connectivity index (χ0v) is 31.7. The van der Waals surface area contributed by atoms with Gasteiger partial charge in [-0.3, -0.25) is 4.57 Å². The Morgan fingerprint density at radius 3 is 2.04 bits per heavy atom. The third kappa shape index (κ3) is 7.66. The molecule has 0 unspecified atom stereocenters. The van der Waals surface area contributed by atoms with Gasteiger partial charge in [0, 0.05) is 64.5 Å². The van der Waals surface area contributed by atoms with E-state index >= 15 is 0 Å². The Balaban J connectivity index is 0.879. The fourth-order valence-electron chi connectivity index (χ4n) is 7.42. The lowest BCUT2D eigenvalue weighted by Crippen LogP contribution is -2.33. The normalized spacial score (nSPS) is 19.9. The largest absolute Gasteiger partial charge is 0.365 e. The highest BCUT2D eigenvalue weighted by molar-refractivity contribution is 5.85. The van der Waals surface area contributed by atoms with Gasteiger partial charge in [0.1, 0.15) is 17.8 Å². The monoisotopic (exact) mass is 762 g/mol. The molecule has 2 atom stereocenters. The van der Waals surface area contributed by atoms with E-state index in [1.807, 2.05) is 53.4 Å². The Kier molecular flexibility index (Phi) is 9.80. The Morgan fingerprint density at radius 1 is 0.750 bits per heavy atom. The van der Waals surface area contributed by atoms with E-state index in [4.69, 9.17) is 24.7 Å². The molecule has 8 heterocycles. The summed E-state index contributed by atoms with van der Waals surface area (Å²) in [5, 5.41) is 27.0. The molecule has 1 aliphatic carbocycles. The topological polar surface area (TPSA) is 235 Å². The van der Waals surface area contributed by atoms with E-state index < -0.39 is 0 Å². The van der Waals surface area contributed by atoms with Gasteiger partial charge in [0.25, 0.3) is 0 Å². The Hall–Kier alpha value is -6.25. The predicted molar refractivity (Wildman–Crippen MR) is 207 cm³/mol. The van der Waals surface area contributed by atoms with Gasteiger partial charge in [0.05, 0.1) is 43.2 Å². The minimum absolute atomic E-state index is 0.191. The van der Waals surface area contributed by atoms with Crippen molar-refractivity contribution in [3.8, 4) is 0 Å². The molecule has 0 bridgehead atoms. The fraction of sp³-hybridized carbons (Fsp3) is 0.514. The maximum atomic E-state index is 6.46. The van der Waals surface area contributed by atoms with Crippen molar-refractivity contribution in [3.63, 3.8) is 0 Å². The first-order valence-corrected chi connectivity index (χ1v) is 19.3. The minimum atomic E-state index is -0.274. The number of tetrazole rings is 1. The average Bonchev–Trinajstić information content (AvgIpc) is 4.05. The number of hydrogen-bond acceptors (Lipinski definition) is 16.